The van der Waals surface area contributed by atoms with Crippen molar-refractivity contribution in [2.45, 2.75) is 6.04 Å². The molecule has 136 valence electrons. The van der Waals surface area contributed by atoms with Gasteiger partial charge >= 0.3 is 0 Å². The second kappa shape index (κ2) is 8.96. The van der Waals surface area contributed by atoms with Gasteiger partial charge in [-0.05, 0) is 41.5 Å². The highest BCUT2D eigenvalue weighted by Gasteiger charge is 2.17. The molecule has 2 aromatic carbocycles. The molecule has 1 aromatic heterocycles. The molecular weight excluding hydrogens is 362 g/mol. The van der Waals surface area contributed by atoms with Crippen LogP contribution in [-0.2, 0) is 4.79 Å². The number of rotatable bonds is 6. The highest BCUT2D eigenvalue weighted by Crippen LogP contribution is 2.21. The van der Waals surface area contributed by atoms with Crippen LogP contribution in [0.25, 0.3) is 0 Å². The number of aromatic nitrogens is 1. The first-order valence-corrected chi connectivity index (χ1v) is 8.79. The predicted molar refractivity (Wildman–Crippen MR) is 104 cm³/mol. The lowest BCUT2D eigenvalue weighted by Gasteiger charge is -2.20. The predicted octanol–water partition coefficient (Wildman–Crippen LogP) is 3.37. The molecule has 0 radical (unpaired) electrons. The number of carbonyl (C=O) groups is 2. The lowest BCUT2D eigenvalue weighted by Crippen LogP contribution is -2.39. The number of carbonyl (C=O) groups excluding carboxylic acids is 2. The van der Waals surface area contributed by atoms with E-state index >= 15 is 0 Å². The van der Waals surface area contributed by atoms with Crippen molar-refractivity contribution in [2.24, 2.45) is 0 Å². The van der Waals surface area contributed by atoms with Crippen LogP contribution in [0, 0.1) is 0 Å². The third kappa shape index (κ3) is 5.15. The van der Waals surface area contributed by atoms with Crippen LogP contribution in [0.15, 0.2) is 79.1 Å². The van der Waals surface area contributed by atoms with E-state index in [2.05, 4.69) is 15.6 Å². The van der Waals surface area contributed by atoms with Gasteiger partial charge in [0.1, 0.15) is 0 Å². The molecule has 0 aliphatic heterocycles. The monoisotopic (exact) mass is 379 g/mol. The van der Waals surface area contributed by atoms with Crippen molar-refractivity contribution < 1.29 is 9.59 Å². The van der Waals surface area contributed by atoms with E-state index in [1.807, 2.05) is 42.5 Å². The van der Waals surface area contributed by atoms with Crippen molar-refractivity contribution in [2.75, 3.05) is 6.54 Å². The number of nitrogens with zero attached hydrogens (tertiary/aromatic N) is 1. The molecule has 0 fully saturated rings. The van der Waals surface area contributed by atoms with Gasteiger partial charge in [0.2, 0.25) is 5.91 Å². The molecule has 0 saturated carbocycles. The Balaban J connectivity index is 1.67. The van der Waals surface area contributed by atoms with Gasteiger partial charge in [-0.15, -0.1) is 0 Å². The van der Waals surface area contributed by atoms with E-state index in [9.17, 15) is 9.59 Å². The second-order valence-electron chi connectivity index (χ2n) is 5.88. The maximum Gasteiger partial charge on any atom is 0.251 e. The molecule has 1 heterocycles. The van der Waals surface area contributed by atoms with Crippen LogP contribution >= 0.6 is 11.6 Å². The highest BCUT2D eigenvalue weighted by molar-refractivity contribution is 6.30. The van der Waals surface area contributed by atoms with Gasteiger partial charge in [0.15, 0.2) is 0 Å². The molecule has 3 aromatic rings. The molecule has 5 nitrogen and oxygen atoms in total. The summed E-state index contributed by atoms with van der Waals surface area (Å²) in [4.78, 5) is 28.6. The summed E-state index contributed by atoms with van der Waals surface area (Å²) in [6.07, 6.45) is 3.36. The zero-order valence-corrected chi connectivity index (χ0v) is 15.2. The van der Waals surface area contributed by atoms with E-state index in [1.54, 1.807) is 36.7 Å². The van der Waals surface area contributed by atoms with Crippen molar-refractivity contribution >= 4 is 23.4 Å². The Bertz CT molecular complexity index is 877. The number of pyridine rings is 1. The molecule has 0 bridgehead atoms. The van der Waals surface area contributed by atoms with Gasteiger partial charge in [-0.25, -0.2) is 0 Å². The molecular formula is C21H18ClN3O2. The zero-order valence-electron chi connectivity index (χ0n) is 14.4. The summed E-state index contributed by atoms with van der Waals surface area (Å²) < 4.78 is 0. The van der Waals surface area contributed by atoms with Crippen LogP contribution in [-0.4, -0.2) is 23.3 Å². The third-order valence-corrected chi connectivity index (χ3v) is 4.21. The SMILES string of the molecule is O=C(CNC(=O)c1cccc(Cl)c1)NC(c1ccccc1)c1ccncc1. The van der Waals surface area contributed by atoms with E-state index in [0.717, 1.165) is 11.1 Å². The van der Waals surface area contributed by atoms with Gasteiger partial charge in [0.05, 0.1) is 12.6 Å². The van der Waals surface area contributed by atoms with Gasteiger partial charge in [-0.1, -0.05) is 48.0 Å². The average Bonchev–Trinajstić information content (AvgIpc) is 2.71. The zero-order chi connectivity index (χ0) is 19.1. The maximum atomic E-state index is 12.4. The van der Waals surface area contributed by atoms with E-state index in [1.165, 1.54) is 0 Å². The fraction of sp³-hybridized carbons (Fsp3) is 0.0952. The Kier molecular flexibility index (Phi) is 6.18. The molecule has 0 saturated heterocycles. The Morgan fingerprint density at radius 2 is 1.63 bits per heavy atom. The molecule has 1 atom stereocenters. The van der Waals surface area contributed by atoms with Crippen LogP contribution in [0.4, 0.5) is 0 Å². The molecule has 0 aliphatic carbocycles. The van der Waals surface area contributed by atoms with E-state index in [-0.39, 0.29) is 24.4 Å². The highest BCUT2D eigenvalue weighted by atomic mass is 35.5. The second-order valence-corrected chi connectivity index (χ2v) is 6.32. The first-order chi connectivity index (χ1) is 13.1. The summed E-state index contributed by atoms with van der Waals surface area (Å²) in [5, 5.41) is 6.04. The standard InChI is InChI=1S/C21H18ClN3O2/c22-18-8-4-7-17(13-18)21(27)24-14-19(26)25-20(15-5-2-1-3-6-15)16-9-11-23-12-10-16/h1-13,20H,14H2,(H,24,27)(H,25,26). The number of hydrogen-bond donors (Lipinski definition) is 2. The molecule has 6 heteroatoms. The third-order valence-electron chi connectivity index (χ3n) is 3.97. The van der Waals surface area contributed by atoms with Crippen LogP contribution in [0.3, 0.4) is 0 Å². The van der Waals surface area contributed by atoms with Crippen molar-refractivity contribution in [1.29, 1.82) is 0 Å². The van der Waals surface area contributed by atoms with Crippen LogP contribution in [0.2, 0.25) is 5.02 Å². The Morgan fingerprint density at radius 3 is 2.33 bits per heavy atom. The van der Waals surface area contributed by atoms with Gasteiger partial charge in [-0.2, -0.15) is 0 Å². The lowest BCUT2D eigenvalue weighted by molar-refractivity contribution is -0.120. The average molecular weight is 380 g/mol. The first kappa shape index (κ1) is 18.6. The largest absolute Gasteiger partial charge is 0.344 e. The molecule has 27 heavy (non-hydrogen) atoms. The molecule has 0 spiro atoms. The minimum Gasteiger partial charge on any atom is -0.344 e. The Labute approximate surface area is 162 Å². The molecule has 1 unspecified atom stereocenters. The van der Waals surface area contributed by atoms with E-state index in [4.69, 9.17) is 11.6 Å². The normalized spacial score (nSPS) is 11.4. The van der Waals surface area contributed by atoms with Crippen LogP contribution in [0.1, 0.15) is 27.5 Å². The van der Waals surface area contributed by atoms with E-state index in [0.29, 0.717) is 10.6 Å². The number of nitrogens with one attached hydrogen (secondary N) is 2. The summed E-state index contributed by atoms with van der Waals surface area (Å²) in [7, 11) is 0. The van der Waals surface area contributed by atoms with Crippen molar-refractivity contribution in [3.05, 3.63) is 101 Å². The lowest BCUT2D eigenvalue weighted by atomic mass is 10.00. The topological polar surface area (TPSA) is 71.1 Å². The van der Waals surface area contributed by atoms with Crippen LogP contribution < -0.4 is 10.6 Å². The fourth-order valence-corrected chi connectivity index (χ4v) is 2.86. The molecule has 2 amide bonds. The number of hydrogen-bond acceptors (Lipinski definition) is 3. The summed E-state index contributed by atoms with van der Waals surface area (Å²) in [5.41, 5.74) is 2.26. The molecule has 3 rings (SSSR count). The quantitative estimate of drug-likeness (QED) is 0.689. The number of halogens is 1. The fourth-order valence-electron chi connectivity index (χ4n) is 2.66. The van der Waals surface area contributed by atoms with Gasteiger partial charge in [0.25, 0.3) is 5.91 Å². The summed E-state index contributed by atoms with van der Waals surface area (Å²) in [6, 6.07) is 19.6. The van der Waals surface area contributed by atoms with Crippen molar-refractivity contribution in [3.8, 4) is 0 Å². The summed E-state index contributed by atoms with van der Waals surface area (Å²) in [5.74, 6) is -0.649. The maximum absolute atomic E-state index is 12.4. The van der Waals surface area contributed by atoms with E-state index < -0.39 is 0 Å². The Hall–Kier alpha value is -3.18. The first-order valence-electron chi connectivity index (χ1n) is 8.41. The van der Waals surface area contributed by atoms with Gasteiger partial charge in [-0.3, -0.25) is 14.6 Å². The minimum atomic E-state index is -0.354. The van der Waals surface area contributed by atoms with Crippen molar-refractivity contribution in [3.63, 3.8) is 0 Å². The smallest absolute Gasteiger partial charge is 0.251 e. The molecule has 0 aliphatic rings. The van der Waals surface area contributed by atoms with Gasteiger partial charge in [0, 0.05) is 23.0 Å². The number of amides is 2. The van der Waals surface area contributed by atoms with Gasteiger partial charge < -0.3 is 10.6 Å². The Morgan fingerprint density at radius 1 is 0.926 bits per heavy atom. The minimum absolute atomic E-state index is 0.139. The number of benzene rings is 2. The van der Waals surface area contributed by atoms with Crippen molar-refractivity contribution in [1.82, 2.24) is 15.6 Å². The summed E-state index contributed by atoms with van der Waals surface area (Å²) in [6.45, 7) is -0.139. The molecule has 2 N–H and O–H groups in total. The summed E-state index contributed by atoms with van der Waals surface area (Å²) >= 11 is 5.89. The van der Waals surface area contributed by atoms with Crippen LogP contribution in [0.5, 0.6) is 0 Å².